The number of hydrogen-bond acceptors (Lipinski definition) is 2. The maximum Gasteiger partial charge on any atom is 0.316 e. The van der Waals surface area contributed by atoms with Gasteiger partial charge in [0.15, 0.2) is 0 Å². The number of allylic oxidation sites excluding steroid dienone is 1. The Kier molecular flexibility index (Phi) is 5.03. The van der Waals surface area contributed by atoms with Crippen LogP contribution in [0.1, 0.15) is 20.8 Å². The van der Waals surface area contributed by atoms with Gasteiger partial charge in [-0.05, 0) is 20.8 Å². The van der Waals surface area contributed by atoms with E-state index in [1.807, 2.05) is 19.9 Å². The summed E-state index contributed by atoms with van der Waals surface area (Å²) in [6.07, 6.45) is 2.03. The third kappa shape index (κ3) is 5.98. The van der Waals surface area contributed by atoms with Crippen LogP contribution in [0.25, 0.3) is 0 Å². The van der Waals surface area contributed by atoms with Crippen LogP contribution in [-0.2, 0) is 4.79 Å². The van der Waals surface area contributed by atoms with E-state index >= 15 is 0 Å². The van der Waals surface area contributed by atoms with Crippen LogP contribution in [0.15, 0.2) is 11.6 Å². The Bertz CT molecular complexity index is 159. The molecule has 64 valence electrons. The summed E-state index contributed by atoms with van der Waals surface area (Å²) in [5.41, 5.74) is 1.23. The fraction of sp³-hybridized carbons (Fsp3) is 0.625. The van der Waals surface area contributed by atoms with E-state index in [2.05, 4.69) is 0 Å². The molecule has 0 heterocycles. The van der Waals surface area contributed by atoms with Crippen LogP contribution >= 0.6 is 11.8 Å². The lowest BCUT2D eigenvalue weighted by molar-refractivity contribution is -0.136. The second kappa shape index (κ2) is 5.24. The molecular weight excluding hydrogens is 160 g/mol. The quantitative estimate of drug-likeness (QED) is 0.664. The van der Waals surface area contributed by atoms with Gasteiger partial charge in [0.25, 0.3) is 0 Å². The average molecular weight is 174 g/mol. The molecule has 2 nitrogen and oxygen atoms in total. The number of hydrogen-bond donors (Lipinski definition) is 1. The second-order valence-electron chi connectivity index (χ2n) is 2.60. The van der Waals surface area contributed by atoms with Gasteiger partial charge < -0.3 is 5.11 Å². The number of carboxylic acids is 1. The molecule has 0 amide bonds. The summed E-state index contributed by atoms with van der Waals surface area (Å²) in [5.74, 6) is 0.0488. The topological polar surface area (TPSA) is 37.3 Å². The van der Waals surface area contributed by atoms with Gasteiger partial charge in [0.2, 0.25) is 0 Å². The number of thioether (sulfide) groups is 1. The van der Waals surface area contributed by atoms with Crippen LogP contribution in [0.3, 0.4) is 0 Å². The molecule has 0 spiro atoms. The lowest BCUT2D eigenvalue weighted by Gasteiger charge is -2.02. The van der Waals surface area contributed by atoms with Crippen LogP contribution in [-0.4, -0.2) is 22.1 Å². The Hall–Kier alpha value is -0.440. The van der Waals surface area contributed by atoms with E-state index in [1.165, 1.54) is 17.3 Å². The lowest BCUT2D eigenvalue weighted by Crippen LogP contribution is -2.11. The highest BCUT2D eigenvalue weighted by Gasteiger charge is 2.08. The first-order valence-corrected chi connectivity index (χ1v) is 4.56. The van der Waals surface area contributed by atoms with Crippen molar-refractivity contribution < 1.29 is 9.90 Å². The third-order valence-corrected chi connectivity index (χ3v) is 2.25. The van der Waals surface area contributed by atoms with E-state index in [0.717, 1.165) is 5.75 Å². The minimum absolute atomic E-state index is 0.300. The molecule has 0 aliphatic heterocycles. The zero-order valence-corrected chi connectivity index (χ0v) is 7.94. The summed E-state index contributed by atoms with van der Waals surface area (Å²) in [5, 5.41) is 8.21. The Morgan fingerprint density at radius 3 is 2.55 bits per heavy atom. The van der Waals surface area contributed by atoms with Gasteiger partial charge in [0, 0.05) is 5.75 Å². The van der Waals surface area contributed by atoms with Crippen molar-refractivity contribution in [1.29, 1.82) is 0 Å². The summed E-state index contributed by atoms with van der Waals surface area (Å²) in [7, 11) is 0. The van der Waals surface area contributed by atoms with E-state index in [0.29, 0.717) is 0 Å². The zero-order valence-electron chi connectivity index (χ0n) is 7.13. The van der Waals surface area contributed by atoms with Crippen molar-refractivity contribution in [2.24, 2.45) is 0 Å². The van der Waals surface area contributed by atoms with Crippen LogP contribution in [0.4, 0.5) is 0 Å². The largest absolute Gasteiger partial charge is 0.480 e. The molecule has 0 radical (unpaired) electrons. The minimum atomic E-state index is -0.739. The van der Waals surface area contributed by atoms with E-state index in [4.69, 9.17) is 5.11 Å². The Labute approximate surface area is 71.7 Å². The van der Waals surface area contributed by atoms with Gasteiger partial charge in [-0.3, -0.25) is 4.79 Å². The van der Waals surface area contributed by atoms with Gasteiger partial charge in [0.05, 0.1) is 5.25 Å². The number of carboxylic acid groups (broad SMARTS) is 1. The second-order valence-corrected chi connectivity index (χ2v) is 3.97. The normalized spacial score (nSPS) is 12.3. The van der Waals surface area contributed by atoms with Crippen LogP contribution in [0.2, 0.25) is 0 Å². The molecule has 0 bridgehead atoms. The third-order valence-electron chi connectivity index (χ3n) is 1.19. The van der Waals surface area contributed by atoms with Gasteiger partial charge in [0.1, 0.15) is 0 Å². The van der Waals surface area contributed by atoms with E-state index in [-0.39, 0.29) is 5.25 Å². The molecule has 0 saturated heterocycles. The molecule has 0 saturated carbocycles. The maximum absolute atomic E-state index is 10.3. The molecule has 0 aromatic rings. The first kappa shape index (κ1) is 10.6. The van der Waals surface area contributed by atoms with E-state index in [9.17, 15) is 4.79 Å². The Morgan fingerprint density at radius 1 is 1.64 bits per heavy atom. The fourth-order valence-corrected chi connectivity index (χ4v) is 1.29. The molecule has 1 N–H and O–H groups in total. The number of aliphatic carboxylic acids is 1. The summed E-state index contributed by atoms with van der Waals surface area (Å²) < 4.78 is 0. The SMILES string of the molecule is CC(C)=CCSC(C)C(=O)O. The van der Waals surface area contributed by atoms with Crippen molar-refractivity contribution in [1.82, 2.24) is 0 Å². The summed E-state index contributed by atoms with van der Waals surface area (Å²) >= 11 is 1.44. The van der Waals surface area contributed by atoms with Crippen LogP contribution < -0.4 is 0 Å². The predicted molar refractivity (Wildman–Crippen MR) is 49.0 cm³/mol. The van der Waals surface area contributed by atoms with E-state index < -0.39 is 5.97 Å². The Balaban J connectivity index is 3.55. The molecule has 0 aliphatic carbocycles. The smallest absolute Gasteiger partial charge is 0.316 e. The van der Waals surface area contributed by atoms with Gasteiger partial charge in [-0.2, -0.15) is 0 Å². The molecule has 0 fully saturated rings. The van der Waals surface area contributed by atoms with Gasteiger partial charge >= 0.3 is 5.97 Å². The first-order valence-electron chi connectivity index (χ1n) is 3.52. The van der Waals surface area contributed by atoms with Crippen molar-refractivity contribution in [3.63, 3.8) is 0 Å². The minimum Gasteiger partial charge on any atom is -0.480 e. The zero-order chi connectivity index (χ0) is 8.85. The standard InChI is InChI=1S/C8H14O2S/c1-6(2)4-5-11-7(3)8(9)10/h4,7H,5H2,1-3H3,(H,9,10). The average Bonchev–Trinajstić information content (AvgIpc) is 1.86. The summed E-state index contributed by atoms with van der Waals surface area (Å²) in [6, 6.07) is 0. The number of rotatable bonds is 4. The highest BCUT2D eigenvalue weighted by Crippen LogP contribution is 2.10. The summed E-state index contributed by atoms with van der Waals surface area (Å²) in [4.78, 5) is 10.3. The monoisotopic (exact) mass is 174 g/mol. The molecule has 0 aromatic heterocycles. The molecular formula is C8H14O2S. The molecule has 3 heteroatoms. The lowest BCUT2D eigenvalue weighted by atomic mass is 10.3. The molecule has 0 aliphatic rings. The van der Waals surface area contributed by atoms with Gasteiger partial charge in [-0.25, -0.2) is 0 Å². The van der Waals surface area contributed by atoms with Crippen molar-refractivity contribution in [2.75, 3.05) is 5.75 Å². The van der Waals surface area contributed by atoms with E-state index in [1.54, 1.807) is 6.92 Å². The van der Waals surface area contributed by atoms with Crippen molar-refractivity contribution in [3.05, 3.63) is 11.6 Å². The van der Waals surface area contributed by atoms with Gasteiger partial charge in [-0.15, -0.1) is 11.8 Å². The molecule has 11 heavy (non-hydrogen) atoms. The fourth-order valence-electron chi connectivity index (χ4n) is 0.430. The Morgan fingerprint density at radius 2 is 2.18 bits per heavy atom. The molecule has 0 rings (SSSR count). The highest BCUT2D eigenvalue weighted by molar-refractivity contribution is 8.00. The maximum atomic E-state index is 10.3. The molecule has 0 aromatic carbocycles. The van der Waals surface area contributed by atoms with Crippen molar-refractivity contribution >= 4 is 17.7 Å². The molecule has 1 atom stereocenters. The highest BCUT2D eigenvalue weighted by atomic mass is 32.2. The van der Waals surface area contributed by atoms with Gasteiger partial charge in [-0.1, -0.05) is 11.6 Å². The molecule has 1 unspecified atom stereocenters. The number of carbonyl (C=O) groups is 1. The predicted octanol–water partition coefficient (Wildman–Crippen LogP) is 2.16. The van der Waals surface area contributed by atoms with Crippen molar-refractivity contribution in [2.45, 2.75) is 26.0 Å². The first-order chi connectivity index (χ1) is 5.04. The summed E-state index contributed by atoms with van der Waals surface area (Å²) in [6.45, 7) is 5.71. The van der Waals surface area contributed by atoms with Crippen LogP contribution in [0.5, 0.6) is 0 Å². The van der Waals surface area contributed by atoms with Crippen LogP contribution in [0, 0.1) is 0 Å². The van der Waals surface area contributed by atoms with Crippen molar-refractivity contribution in [3.8, 4) is 0 Å².